The molecule has 2 heteroatoms. The first-order valence-electron chi connectivity index (χ1n) is 5.14. The number of aliphatic carboxylic acids is 1. The molecule has 0 amide bonds. The zero-order valence-corrected chi connectivity index (χ0v) is 8.84. The van der Waals surface area contributed by atoms with E-state index in [0.29, 0.717) is 5.92 Å². The molecule has 0 heterocycles. The summed E-state index contributed by atoms with van der Waals surface area (Å²) in [4.78, 5) is 10.8. The van der Waals surface area contributed by atoms with Crippen molar-refractivity contribution in [3.05, 3.63) is 0 Å². The Hall–Kier alpha value is -0.530. The van der Waals surface area contributed by atoms with E-state index < -0.39 is 5.97 Å². The van der Waals surface area contributed by atoms with Crippen molar-refractivity contribution in [1.29, 1.82) is 0 Å². The molecule has 0 radical (unpaired) electrons. The Bertz CT molecular complexity index is 191. The van der Waals surface area contributed by atoms with Gasteiger partial charge in [0, 0.05) is 0 Å². The molecule has 0 unspecified atom stereocenters. The number of carbonyl (C=O) groups is 1. The summed E-state index contributed by atoms with van der Waals surface area (Å²) < 4.78 is 0. The minimum absolute atomic E-state index is 0.0852. The quantitative estimate of drug-likeness (QED) is 0.680. The van der Waals surface area contributed by atoms with Crippen molar-refractivity contribution in [3.8, 4) is 0 Å². The molecule has 1 aliphatic rings. The third kappa shape index (κ3) is 2.71. The van der Waals surface area contributed by atoms with Gasteiger partial charge in [-0.1, -0.05) is 27.2 Å². The van der Waals surface area contributed by atoms with Gasteiger partial charge in [-0.3, -0.25) is 4.79 Å². The standard InChI is InChI=1S/C11H20O2/c1-11(2,3)9-6-4-5-8(7-9)10(12)13/h8-9H,4-7H2,1-3H3,(H,12,13)/t8-,9+/m0/s1. The van der Waals surface area contributed by atoms with Crippen LogP contribution in [0.4, 0.5) is 0 Å². The van der Waals surface area contributed by atoms with Gasteiger partial charge in [-0.25, -0.2) is 0 Å². The van der Waals surface area contributed by atoms with E-state index in [0.717, 1.165) is 19.3 Å². The predicted octanol–water partition coefficient (Wildman–Crippen LogP) is 2.92. The van der Waals surface area contributed by atoms with Gasteiger partial charge in [0.2, 0.25) is 0 Å². The summed E-state index contributed by atoms with van der Waals surface area (Å²) >= 11 is 0. The Morgan fingerprint density at radius 3 is 2.38 bits per heavy atom. The molecule has 76 valence electrons. The number of carboxylic acids is 1. The summed E-state index contributed by atoms with van der Waals surface area (Å²) in [5, 5.41) is 8.92. The third-order valence-corrected chi connectivity index (χ3v) is 3.25. The van der Waals surface area contributed by atoms with E-state index in [1.165, 1.54) is 6.42 Å². The molecule has 2 atom stereocenters. The molecule has 13 heavy (non-hydrogen) atoms. The first-order valence-corrected chi connectivity index (χ1v) is 5.14. The molecule has 1 N–H and O–H groups in total. The second-order valence-electron chi connectivity index (χ2n) is 5.26. The third-order valence-electron chi connectivity index (χ3n) is 3.25. The van der Waals surface area contributed by atoms with Crippen LogP contribution in [-0.2, 0) is 4.79 Å². The summed E-state index contributed by atoms with van der Waals surface area (Å²) in [5.41, 5.74) is 0.272. The molecule has 0 aromatic heterocycles. The lowest BCUT2D eigenvalue weighted by Crippen LogP contribution is -2.30. The van der Waals surface area contributed by atoms with Crippen LogP contribution in [0.15, 0.2) is 0 Å². The largest absolute Gasteiger partial charge is 0.481 e. The van der Waals surface area contributed by atoms with E-state index in [2.05, 4.69) is 20.8 Å². The van der Waals surface area contributed by atoms with Crippen molar-refractivity contribution < 1.29 is 9.90 Å². The summed E-state index contributed by atoms with van der Waals surface area (Å²) in [7, 11) is 0. The van der Waals surface area contributed by atoms with Crippen LogP contribution in [0, 0.1) is 17.3 Å². The van der Waals surface area contributed by atoms with E-state index in [1.807, 2.05) is 0 Å². The average Bonchev–Trinajstić information content (AvgIpc) is 2.03. The smallest absolute Gasteiger partial charge is 0.306 e. The molecule has 1 rings (SSSR count). The number of hydrogen-bond acceptors (Lipinski definition) is 1. The number of rotatable bonds is 1. The van der Waals surface area contributed by atoms with Crippen molar-refractivity contribution in [3.63, 3.8) is 0 Å². The van der Waals surface area contributed by atoms with Gasteiger partial charge in [0.15, 0.2) is 0 Å². The molecule has 1 aliphatic carbocycles. The van der Waals surface area contributed by atoms with Gasteiger partial charge in [0.25, 0.3) is 0 Å². The lowest BCUT2D eigenvalue weighted by atomic mass is 9.69. The Morgan fingerprint density at radius 1 is 1.31 bits per heavy atom. The van der Waals surface area contributed by atoms with Crippen LogP contribution in [0.2, 0.25) is 0 Å². The van der Waals surface area contributed by atoms with Crippen LogP contribution in [0.1, 0.15) is 46.5 Å². The Kier molecular flexibility index (Phi) is 2.99. The van der Waals surface area contributed by atoms with E-state index >= 15 is 0 Å². The Morgan fingerprint density at radius 2 is 1.92 bits per heavy atom. The maximum absolute atomic E-state index is 10.8. The van der Waals surface area contributed by atoms with Gasteiger partial charge in [-0.05, 0) is 30.6 Å². The van der Waals surface area contributed by atoms with E-state index in [-0.39, 0.29) is 11.3 Å². The second kappa shape index (κ2) is 3.69. The van der Waals surface area contributed by atoms with Crippen LogP contribution in [0.5, 0.6) is 0 Å². The van der Waals surface area contributed by atoms with Gasteiger partial charge in [0.1, 0.15) is 0 Å². The highest BCUT2D eigenvalue weighted by molar-refractivity contribution is 5.70. The topological polar surface area (TPSA) is 37.3 Å². The van der Waals surface area contributed by atoms with Crippen LogP contribution in [0.3, 0.4) is 0 Å². The van der Waals surface area contributed by atoms with E-state index in [4.69, 9.17) is 5.11 Å². The van der Waals surface area contributed by atoms with Gasteiger partial charge in [-0.2, -0.15) is 0 Å². The van der Waals surface area contributed by atoms with Crippen LogP contribution >= 0.6 is 0 Å². The summed E-state index contributed by atoms with van der Waals surface area (Å²) in [6.45, 7) is 6.63. The summed E-state index contributed by atoms with van der Waals surface area (Å²) in [6, 6.07) is 0. The average molecular weight is 184 g/mol. The molecule has 0 spiro atoms. The minimum atomic E-state index is -0.603. The molecule has 0 saturated heterocycles. The van der Waals surface area contributed by atoms with E-state index in [1.54, 1.807) is 0 Å². The van der Waals surface area contributed by atoms with E-state index in [9.17, 15) is 4.79 Å². The Balaban J connectivity index is 2.57. The van der Waals surface area contributed by atoms with Crippen molar-refractivity contribution in [2.45, 2.75) is 46.5 Å². The van der Waals surface area contributed by atoms with Crippen LogP contribution < -0.4 is 0 Å². The monoisotopic (exact) mass is 184 g/mol. The highest BCUT2D eigenvalue weighted by atomic mass is 16.4. The fourth-order valence-electron chi connectivity index (χ4n) is 2.20. The molecule has 2 nitrogen and oxygen atoms in total. The molecular formula is C11H20O2. The van der Waals surface area contributed by atoms with Crippen LogP contribution in [-0.4, -0.2) is 11.1 Å². The van der Waals surface area contributed by atoms with Crippen molar-refractivity contribution in [2.24, 2.45) is 17.3 Å². The maximum atomic E-state index is 10.8. The maximum Gasteiger partial charge on any atom is 0.306 e. The molecule has 1 saturated carbocycles. The summed E-state index contributed by atoms with van der Waals surface area (Å²) in [5.74, 6) is -0.103. The SMILES string of the molecule is CC(C)(C)[C@@H]1CCC[C@H](C(=O)O)C1. The lowest BCUT2D eigenvalue weighted by molar-refractivity contribution is -0.143. The van der Waals surface area contributed by atoms with Gasteiger partial charge >= 0.3 is 5.97 Å². The zero-order valence-electron chi connectivity index (χ0n) is 8.84. The fourth-order valence-corrected chi connectivity index (χ4v) is 2.20. The van der Waals surface area contributed by atoms with Crippen molar-refractivity contribution in [1.82, 2.24) is 0 Å². The highest BCUT2D eigenvalue weighted by Gasteiger charge is 2.33. The van der Waals surface area contributed by atoms with Crippen molar-refractivity contribution in [2.75, 3.05) is 0 Å². The molecular weight excluding hydrogens is 164 g/mol. The highest BCUT2D eigenvalue weighted by Crippen LogP contribution is 2.40. The predicted molar refractivity (Wildman–Crippen MR) is 52.5 cm³/mol. The molecule has 0 aliphatic heterocycles. The number of carboxylic acid groups (broad SMARTS) is 1. The van der Waals surface area contributed by atoms with Gasteiger partial charge in [0.05, 0.1) is 5.92 Å². The van der Waals surface area contributed by atoms with Crippen molar-refractivity contribution >= 4 is 5.97 Å². The second-order valence-corrected chi connectivity index (χ2v) is 5.26. The Labute approximate surface area is 80.3 Å². The molecule has 0 aromatic carbocycles. The number of hydrogen-bond donors (Lipinski definition) is 1. The normalized spacial score (nSPS) is 30.1. The molecule has 0 aromatic rings. The molecule has 1 fully saturated rings. The zero-order chi connectivity index (χ0) is 10.1. The van der Waals surface area contributed by atoms with Gasteiger partial charge < -0.3 is 5.11 Å². The first-order chi connectivity index (χ1) is 5.91. The van der Waals surface area contributed by atoms with Crippen LogP contribution in [0.25, 0.3) is 0 Å². The molecule has 0 bridgehead atoms. The minimum Gasteiger partial charge on any atom is -0.481 e. The fraction of sp³-hybridized carbons (Fsp3) is 0.909. The van der Waals surface area contributed by atoms with Gasteiger partial charge in [-0.15, -0.1) is 0 Å². The lowest BCUT2D eigenvalue weighted by Gasteiger charge is -2.36. The summed E-state index contributed by atoms with van der Waals surface area (Å²) in [6.07, 6.45) is 4.03. The first kappa shape index (κ1) is 10.6.